The summed E-state index contributed by atoms with van der Waals surface area (Å²) in [6.07, 6.45) is 0. The SMILES string of the molecule is c1ccc2c(c1)-c1cccc3ccc(-c4c5ccccc5c(-c5ccc6cccc7c6c5-c5ccccc5-7)c5ccccc45)c-2c13. The highest BCUT2D eigenvalue weighted by molar-refractivity contribution is 6.29. The summed E-state index contributed by atoms with van der Waals surface area (Å²) in [7, 11) is 0. The molecule has 9 aromatic rings. The van der Waals surface area contributed by atoms with Crippen LogP contribution >= 0.6 is 0 Å². The van der Waals surface area contributed by atoms with Gasteiger partial charge in [0.1, 0.15) is 0 Å². The zero-order chi connectivity index (χ0) is 29.9. The highest BCUT2D eigenvalue weighted by Crippen LogP contribution is 2.56. The minimum absolute atomic E-state index is 1.29. The van der Waals surface area contributed by atoms with E-state index in [9.17, 15) is 0 Å². The van der Waals surface area contributed by atoms with Gasteiger partial charge in [-0.25, -0.2) is 0 Å². The Morgan fingerprint density at radius 2 is 0.543 bits per heavy atom. The molecule has 2 aliphatic carbocycles. The molecule has 0 spiro atoms. The molecule has 0 heterocycles. The fraction of sp³-hybridized carbons (Fsp3) is 0. The summed E-state index contributed by atoms with van der Waals surface area (Å²) >= 11 is 0. The van der Waals surface area contributed by atoms with Crippen LogP contribution in [0.4, 0.5) is 0 Å². The van der Waals surface area contributed by atoms with Gasteiger partial charge in [-0.05, 0) is 110 Å². The van der Waals surface area contributed by atoms with Crippen LogP contribution in [0.3, 0.4) is 0 Å². The van der Waals surface area contributed by atoms with Gasteiger partial charge in [-0.3, -0.25) is 0 Å². The molecule has 0 radical (unpaired) electrons. The minimum Gasteiger partial charge on any atom is -0.0616 e. The molecule has 0 aromatic heterocycles. The maximum Gasteiger partial charge on any atom is -0.00139 e. The van der Waals surface area contributed by atoms with Crippen LogP contribution in [0, 0.1) is 0 Å². The number of hydrogen-bond donors (Lipinski definition) is 0. The first-order valence-electron chi connectivity index (χ1n) is 16.1. The van der Waals surface area contributed by atoms with Gasteiger partial charge in [-0.15, -0.1) is 0 Å². The average Bonchev–Trinajstić information content (AvgIpc) is 3.64. The van der Waals surface area contributed by atoms with Gasteiger partial charge in [-0.2, -0.15) is 0 Å². The average molecular weight is 579 g/mol. The molecule has 9 aromatic carbocycles. The fourth-order valence-electron chi connectivity index (χ4n) is 8.76. The summed E-state index contributed by atoms with van der Waals surface area (Å²) < 4.78 is 0. The third kappa shape index (κ3) is 2.99. The van der Waals surface area contributed by atoms with E-state index in [-0.39, 0.29) is 0 Å². The van der Waals surface area contributed by atoms with Gasteiger partial charge in [0.2, 0.25) is 0 Å². The van der Waals surface area contributed by atoms with E-state index in [1.54, 1.807) is 0 Å². The molecule has 0 N–H and O–H groups in total. The van der Waals surface area contributed by atoms with Crippen LogP contribution in [0.2, 0.25) is 0 Å². The van der Waals surface area contributed by atoms with E-state index in [0.29, 0.717) is 0 Å². The highest BCUT2D eigenvalue weighted by atomic mass is 14.3. The topological polar surface area (TPSA) is 0 Å². The first kappa shape index (κ1) is 24.4. The quantitative estimate of drug-likeness (QED) is 0.179. The van der Waals surface area contributed by atoms with Gasteiger partial charge in [0.15, 0.2) is 0 Å². The first-order chi connectivity index (χ1) is 22.9. The van der Waals surface area contributed by atoms with Crippen LogP contribution in [0.5, 0.6) is 0 Å². The summed E-state index contributed by atoms with van der Waals surface area (Å²) in [6, 6.07) is 58.9. The smallest absolute Gasteiger partial charge is 0.00139 e. The Labute approximate surface area is 266 Å². The molecule has 0 aliphatic heterocycles. The van der Waals surface area contributed by atoms with Crippen molar-refractivity contribution in [2.75, 3.05) is 0 Å². The van der Waals surface area contributed by atoms with E-state index >= 15 is 0 Å². The molecular weight excluding hydrogens is 553 g/mol. The van der Waals surface area contributed by atoms with E-state index in [1.807, 2.05) is 0 Å². The van der Waals surface area contributed by atoms with E-state index in [4.69, 9.17) is 0 Å². The molecule has 0 fully saturated rings. The van der Waals surface area contributed by atoms with Gasteiger partial charge in [-0.1, -0.05) is 158 Å². The normalized spacial score (nSPS) is 12.3. The first-order valence-corrected chi connectivity index (χ1v) is 16.1. The third-order valence-electron chi connectivity index (χ3n) is 10.5. The molecule has 0 saturated carbocycles. The monoisotopic (exact) mass is 578 g/mol. The molecule has 2 aliphatic rings. The van der Waals surface area contributed by atoms with Gasteiger partial charge in [0, 0.05) is 0 Å². The zero-order valence-corrected chi connectivity index (χ0v) is 25.0. The Hall–Kier alpha value is -5.98. The van der Waals surface area contributed by atoms with Crippen molar-refractivity contribution in [3.05, 3.63) is 158 Å². The van der Waals surface area contributed by atoms with Crippen LogP contribution in [0.25, 0.3) is 110 Å². The molecule has 11 rings (SSSR count). The van der Waals surface area contributed by atoms with E-state index in [0.717, 1.165) is 0 Å². The molecule has 0 nitrogen and oxygen atoms in total. The van der Waals surface area contributed by atoms with Gasteiger partial charge < -0.3 is 0 Å². The molecular formula is C46H26. The Balaban J connectivity index is 1.31. The number of fused-ring (bicyclic) bond motifs is 8. The van der Waals surface area contributed by atoms with E-state index < -0.39 is 0 Å². The Kier molecular flexibility index (Phi) is 4.66. The van der Waals surface area contributed by atoms with Crippen LogP contribution in [0.15, 0.2) is 158 Å². The largest absolute Gasteiger partial charge is 0.0616 e. The standard InChI is InChI=1S/C46H26/c1-3-15-33-29(13-1)31-21-9-11-27-23-25-39(45(33)41(27)31)43-35-17-5-7-19-37(35)44(38-20-8-6-18-36(38)43)40-26-24-28-12-10-22-32-30-14-2-4-16-34(30)46(40)42(28)32/h1-26H. The van der Waals surface area contributed by atoms with Gasteiger partial charge in [0.25, 0.3) is 0 Å². The van der Waals surface area contributed by atoms with Gasteiger partial charge >= 0.3 is 0 Å². The van der Waals surface area contributed by atoms with Crippen molar-refractivity contribution in [3.63, 3.8) is 0 Å². The highest BCUT2D eigenvalue weighted by Gasteiger charge is 2.29. The molecule has 0 heteroatoms. The zero-order valence-electron chi connectivity index (χ0n) is 25.0. The van der Waals surface area contributed by atoms with E-state index in [2.05, 4.69) is 158 Å². The maximum atomic E-state index is 2.37. The summed E-state index contributed by atoms with van der Waals surface area (Å²) in [6.45, 7) is 0. The Morgan fingerprint density at radius 3 is 0.957 bits per heavy atom. The van der Waals surface area contributed by atoms with Crippen molar-refractivity contribution in [1.29, 1.82) is 0 Å². The van der Waals surface area contributed by atoms with Crippen LogP contribution in [0.1, 0.15) is 0 Å². The summed E-state index contributed by atoms with van der Waals surface area (Å²) in [4.78, 5) is 0. The van der Waals surface area contributed by atoms with Crippen LogP contribution < -0.4 is 0 Å². The lowest BCUT2D eigenvalue weighted by Crippen LogP contribution is -1.94. The van der Waals surface area contributed by atoms with Crippen molar-refractivity contribution in [2.24, 2.45) is 0 Å². The van der Waals surface area contributed by atoms with Gasteiger partial charge in [0.05, 0.1) is 0 Å². The van der Waals surface area contributed by atoms with Crippen molar-refractivity contribution in [1.82, 2.24) is 0 Å². The second-order valence-corrected chi connectivity index (χ2v) is 12.7. The second kappa shape index (κ2) is 8.81. The fourth-order valence-corrected chi connectivity index (χ4v) is 8.76. The lowest BCUT2D eigenvalue weighted by molar-refractivity contribution is 1.67. The molecule has 210 valence electrons. The third-order valence-corrected chi connectivity index (χ3v) is 10.5. The Morgan fingerprint density at radius 1 is 0.196 bits per heavy atom. The van der Waals surface area contributed by atoms with Crippen molar-refractivity contribution < 1.29 is 0 Å². The Bertz CT molecular complexity index is 2550. The van der Waals surface area contributed by atoms with Crippen molar-refractivity contribution in [3.8, 4) is 66.8 Å². The number of rotatable bonds is 2. The number of benzene rings is 9. The second-order valence-electron chi connectivity index (χ2n) is 12.7. The predicted octanol–water partition coefficient (Wildman–Crippen LogP) is 12.9. The lowest BCUT2D eigenvalue weighted by Gasteiger charge is -2.21. The summed E-state index contributed by atoms with van der Waals surface area (Å²) in [5.41, 5.74) is 15.9. The predicted molar refractivity (Wildman–Crippen MR) is 196 cm³/mol. The molecule has 0 saturated heterocycles. The van der Waals surface area contributed by atoms with Crippen LogP contribution in [-0.4, -0.2) is 0 Å². The van der Waals surface area contributed by atoms with E-state index in [1.165, 1.54) is 110 Å². The molecule has 0 amide bonds. The molecule has 0 atom stereocenters. The summed E-state index contributed by atoms with van der Waals surface area (Å²) in [5, 5.41) is 10.5. The van der Waals surface area contributed by atoms with Crippen LogP contribution in [-0.2, 0) is 0 Å². The minimum atomic E-state index is 1.29. The molecule has 0 bridgehead atoms. The lowest BCUT2D eigenvalue weighted by atomic mass is 9.82. The summed E-state index contributed by atoms with van der Waals surface area (Å²) in [5.74, 6) is 0. The molecule has 46 heavy (non-hydrogen) atoms. The van der Waals surface area contributed by atoms with Crippen molar-refractivity contribution >= 4 is 43.1 Å². The molecule has 0 unspecified atom stereocenters. The van der Waals surface area contributed by atoms with Crippen molar-refractivity contribution in [2.45, 2.75) is 0 Å². The maximum absolute atomic E-state index is 2.37. The number of hydrogen-bond acceptors (Lipinski definition) is 0.